The van der Waals surface area contributed by atoms with E-state index in [4.69, 9.17) is 5.11 Å². The molecule has 0 saturated heterocycles. The van der Waals surface area contributed by atoms with Gasteiger partial charge in [-0.25, -0.2) is 13.3 Å². The second-order valence-electron chi connectivity index (χ2n) is 3.96. The van der Waals surface area contributed by atoms with Crippen LogP contribution in [-0.4, -0.2) is 39.9 Å². The minimum atomic E-state index is -5.36. The Labute approximate surface area is 107 Å². The van der Waals surface area contributed by atoms with Crippen molar-refractivity contribution in [3.8, 4) is 0 Å². The van der Waals surface area contributed by atoms with Crippen LogP contribution in [0, 0.1) is 5.92 Å². The summed E-state index contributed by atoms with van der Waals surface area (Å²) < 4.78 is 89.7. The zero-order valence-electron chi connectivity index (χ0n) is 9.88. The van der Waals surface area contributed by atoms with Gasteiger partial charge in [-0.1, -0.05) is 13.8 Å². The first kappa shape index (κ1) is 18.6. The molecule has 0 radical (unpaired) electrons. The van der Waals surface area contributed by atoms with E-state index in [0.717, 1.165) is 0 Å². The maximum atomic E-state index is 12.6. The maximum Gasteiger partial charge on any atom is 0.429 e. The molecule has 1 unspecified atom stereocenters. The van der Waals surface area contributed by atoms with Crippen molar-refractivity contribution >= 4 is 11.0 Å². The Morgan fingerprint density at radius 3 is 2.05 bits per heavy atom. The van der Waals surface area contributed by atoms with Gasteiger partial charge < -0.3 is 5.11 Å². The molecule has 0 bridgehead atoms. The molecule has 4 nitrogen and oxygen atoms in total. The number of hydrogen-bond donors (Lipinski definition) is 2. The van der Waals surface area contributed by atoms with Gasteiger partial charge in [0.1, 0.15) is 0 Å². The average Bonchev–Trinajstić information content (AvgIpc) is 2.12. The number of rotatable bonds is 7. The predicted octanol–water partition coefficient (Wildman–Crippen LogP) is 1.68. The van der Waals surface area contributed by atoms with Gasteiger partial charge in [-0.3, -0.25) is 4.74 Å². The Hall–Kier alpha value is -0.390. The van der Waals surface area contributed by atoms with Crippen molar-refractivity contribution in [3.05, 3.63) is 0 Å². The van der Waals surface area contributed by atoms with E-state index >= 15 is 0 Å². The van der Waals surface area contributed by atoms with E-state index in [1.165, 1.54) is 4.72 Å². The van der Waals surface area contributed by atoms with Crippen LogP contribution < -0.4 is 4.72 Å². The van der Waals surface area contributed by atoms with Gasteiger partial charge in [0.2, 0.25) is 6.23 Å². The molecule has 0 amide bonds. The van der Waals surface area contributed by atoms with Crippen LogP contribution in [0.2, 0.25) is 0 Å². The SMILES string of the molecule is CC(C)CS(=O)N[C@H](OC(F)(F)[C@H](O)F)C(F)(F)F. The van der Waals surface area contributed by atoms with E-state index < -0.39 is 35.9 Å². The topological polar surface area (TPSA) is 58.6 Å². The Bertz CT molecular complexity index is 309. The zero-order chi connectivity index (χ0) is 15.4. The molecule has 0 heterocycles. The first-order valence-electron chi connectivity index (χ1n) is 4.95. The van der Waals surface area contributed by atoms with E-state index in [1.807, 2.05) is 0 Å². The summed E-state index contributed by atoms with van der Waals surface area (Å²) in [5, 5.41) is 7.96. The molecule has 116 valence electrons. The third kappa shape index (κ3) is 7.09. The summed E-state index contributed by atoms with van der Waals surface area (Å²) in [5.41, 5.74) is 0. The molecular weight excluding hydrogens is 304 g/mol. The van der Waals surface area contributed by atoms with Gasteiger partial charge in [0.25, 0.3) is 6.36 Å². The van der Waals surface area contributed by atoms with Gasteiger partial charge in [-0.15, -0.1) is 0 Å². The third-order valence-corrected chi connectivity index (χ3v) is 3.02. The second-order valence-corrected chi connectivity index (χ2v) is 5.22. The quantitative estimate of drug-likeness (QED) is 0.555. The lowest BCUT2D eigenvalue weighted by molar-refractivity contribution is -0.371. The first-order valence-corrected chi connectivity index (χ1v) is 6.27. The summed E-state index contributed by atoms with van der Waals surface area (Å²) in [5.74, 6) is -0.519. The molecule has 0 aliphatic carbocycles. The summed E-state index contributed by atoms with van der Waals surface area (Å²) in [6.07, 6.45) is -17.7. The average molecular weight is 317 g/mol. The monoisotopic (exact) mass is 317 g/mol. The Morgan fingerprint density at radius 2 is 1.74 bits per heavy atom. The maximum absolute atomic E-state index is 12.6. The predicted molar refractivity (Wildman–Crippen MR) is 54.0 cm³/mol. The van der Waals surface area contributed by atoms with Crippen LogP contribution >= 0.6 is 0 Å². The van der Waals surface area contributed by atoms with Crippen LogP contribution in [0.25, 0.3) is 0 Å². The van der Waals surface area contributed by atoms with Crippen LogP contribution in [0.1, 0.15) is 13.8 Å². The minimum Gasteiger partial charge on any atom is -0.357 e. The number of ether oxygens (including phenoxy) is 1. The van der Waals surface area contributed by atoms with Crippen LogP contribution in [-0.2, 0) is 15.7 Å². The summed E-state index contributed by atoms with van der Waals surface area (Å²) >= 11 is 0. The van der Waals surface area contributed by atoms with Crippen molar-refractivity contribution in [1.82, 2.24) is 4.72 Å². The fourth-order valence-electron chi connectivity index (χ4n) is 0.841. The lowest BCUT2D eigenvalue weighted by atomic mass is 10.3. The molecule has 0 aromatic rings. The van der Waals surface area contributed by atoms with E-state index in [2.05, 4.69) is 4.74 Å². The molecule has 0 saturated carbocycles. The molecule has 0 aliphatic heterocycles. The molecule has 19 heavy (non-hydrogen) atoms. The number of alkyl halides is 6. The highest BCUT2D eigenvalue weighted by Crippen LogP contribution is 2.30. The Kier molecular flexibility index (Phi) is 6.72. The smallest absolute Gasteiger partial charge is 0.357 e. The van der Waals surface area contributed by atoms with Crippen molar-refractivity contribution in [1.29, 1.82) is 0 Å². The van der Waals surface area contributed by atoms with Gasteiger partial charge >= 0.3 is 12.3 Å². The number of nitrogens with one attached hydrogen (secondary N) is 1. The van der Waals surface area contributed by atoms with E-state index in [0.29, 0.717) is 0 Å². The highest BCUT2D eigenvalue weighted by atomic mass is 32.2. The standard InChI is InChI=1S/C8H13F6NO3S/c1-4(2)3-19(17)15-6(7(10,11)12)18-8(13,14)5(9)16/h4-6,15-16H,3H2,1-2H3/t5-,6+,19?/m0/s1. The highest BCUT2D eigenvalue weighted by molar-refractivity contribution is 7.83. The molecular formula is C8H13F6NO3S. The van der Waals surface area contributed by atoms with Crippen molar-refractivity contribution < 1.29 is 40.4 Å². The lowest BCUT2D eigenvalue weighted by Gasteiger charge is -2.26. The number of aliphatic hydroxyl groups is 1. The van der Waals surface area contributed by atoms with Crippen LogP contribution in [0.15, 0.2) is 0 Å². The van der Waals surface area contributed by atoms with Gasteiger partial charge in [0.05, 0.1) is 11.0 Å². The van der Waals surface area contributed by atoms with Gasteiger partial charge in [-0.2, -0.15) is 22.0 Å². The largest absolute Gasteiger partial charge is 0.429 e. The third-order valence-electron chi connectivity index (χ3n) is 1.57. The van der Waals surface area contributed by atoms with Crippen molar-refractivity contribution in [2.75, 3.05) is 5.75 Å². The van der Waals surface area contributed by atoms with Crippen molar-refractivity contribution in [3.63, 3.8) is 0 Å². The van der Waals surface area contributed by atoms with Crippen LogP contribution in [0.3, 0.4) is 0 Å². The van der Waals surface area contributed by atoms with Gasteiger partial charge in [0, 0.05) is 5.75 Å². The summed E-state index contributed by atoms with van der Waals surface area (Å²) in [7, 11) is -2.31. The molecule has 0 aromatic carbocycles. The molecule has 0 spiro atoms. The fourth-order valence-corrected chi connectivity index (χ4v) is 1.96. The number of halogens is 6. The van der Waals surface area contributed by atoms with Crippen LogP contribution in [0.5, 0.6) is 0 Å². The Balaban J connectivity index is 4.81. The second kappa shape index (κ2) is 6.86. The number of aliphatic hydroxyl groups excluding tert-OH is 1. The molecule has 0 aliphatic rings. The van der Waals surface area contributed by atoms with Gasteiger partial charge in [0.15, 0.2) is 0 Å². The van der Waals surface area contributed by atoms with E-state index in [1.54, 1.807) is 13.8 Å². The fraction of sp³-hybridized carbons (Fsp3) is 1.00. The lowest BCUT2D eigenvalue weighted by Crippen LogP contribution is -2.51. The molecule has 0 aromatic heterocycles. The Morgan fingerprint density at radius 1 is 1.26 bits per heavy atom. The molecule has 0 fully saturated rings. The molecule has 0 rings (SSSR count). The van der Waals surface area contributed by atoms with E-state index in [9.17, 15) is 30.6 Å². The van der Waals surface area contributed by atoms with Gasteiger partial charge in [-0.05, 0) is 5.92 Å². The zero-order valence-corrected chi connectivity index (χ0v) is 10.7. The van der Waals surface area contributed by atoms with E-state index in [-0.39, 0.29) is 11.7 Å². The number of hydrogen-bond acceptors (Lipinski definition) is 3. The summed E-state index contributed by atoms with van der Waals surface area (Å²) in [4.78, 5) is 0. The molecule has 3 atom stereocenters. The highest BCUT2D eigenvalue weighted by Gasteiger charge is 2.51. The molecule has 2 N–H and O–H groups in total. The van der Waals surface area contributed by atoms with Crippen molar-refractivity contribution in [2.45, 2.75) is 38.7 Å². The summed E-state index contributed by atoms with van der Waals surface area (Å²) in [6, 6.07) is 0. The normalized spacial score (nSPS) is 18.4. The van der Waals surface area contributed by atoms with Crippen LogP contribution in [0.4, 0.5) is 26.3 Å². The minimum absolute atomic E-state index is 0.250. The van der Waals surface area contributed by atoms with Crippen molar-refractivity contribution in [2.24, 2.45) is 5.92 Å². The molecule has 11 heteroatoms. The summed E-state index contributed by atoms with van der Waals surface area (Å²) in [6.45, 7) is 3.09. The first-order chi connectivity index (χ1) is 8.36.